The third kappa shape index (κ3) is 4.52. The van der Waals surface area contributed by atoms with E-state index in [0.717, 1.165) is 0 Å². The Kier molecular flexibility index (Phi) is 5.72. The van der Waals surface area contributed by atoms with E-state index < -0.39 is 44.5 Å². The Morgan fingerprint density at radius 2 is 1.39 bits per heavy atom. The van der Waals surface area contributed by atoms with Gasteiger partial charge >= 0.3 is 18.4 Å². The van der Waals surface area contributed by atoms with Crippen molar-refractivity contribution in [2.45, 2.75) is 30.9 Å². The molecule has 0 N–H and O–H groups in total. The Labute approximate surface area is 94.6 Å². The summed E-state index contributed by atoms with van der Waals surface area (Å²) in [6, 6.07) is -5.29. The summed E-state index contributed by atoms with van der Waals surface area (Å²) in [5, 5.41) is 0. The highest BCUT2D eigenvalue weighted by molar-refractivity contribution is 4.74. The summed E-state index contributed by atoms with van der Waals surface area (Å²) in [5.41, 5.74) is 0. The molecule has 0 aliphatic heterocycles. The number of hydrogen-bond acceptors (Lipinski definition) is 2. The molecule has 0 saturated heterocycles. The maximum Gasteiger partial charge on any atom is 0.478 e. The molecular weight excluding hydrogens is 287 g/mol. The lowest BCUT2D eigenvalue weighted by Crippen LogP contribution is -2.51. The van der Waals surface area contributed by atoms with E-state index in [4.69, 9.17) is 0 Å². The van der Waals surface area contributed by atoms with Crippen LogP contribution in [0.5, 0.6) is 0 Å². The zero-order valence-electron chi connectivity index (χ0n) is 8.42. The lowest BCUT2D eigenvalue weighted by Gasteiger charge is -2.30. The van der Waals surface area contributed by atoms with E-state index in [1.54, 1.807) is 0 Å². The summed E-state index contributed by atoms with van der Waals surface area (Å²) in [6.07, 6.45) is -16.5. The number of halogens is 9. The molecule has 0 fully saturated rings. The number of alkyl halides is 9. The molecule has 0 heterocycles. The Hall–Kier alpha value is -0.710. The molecule has 0 rings (SSSR count). The van der Waals surface area contributed by atoms with Crippen LogP contribution in [0, 0.1) is 0 Å². The molecule has 0 radical (unpaired) electrons. The average molecular weight is 294 g/mol. The molecule has 0 amide bonds. The van der Waals surface area contributed by atoms with Gasteiger partial charge in [0.25, 0.3) is 0 Å². The third-order valence-corrected chi connectivity index (χ3v) is 1.61. The maximum absolute atomic E-state index is 13.0. The second-order valence-electron chi connectivity index (χ2n) is 2.91. The molecule has 0 saturated carbocycles. The second kappa shape index (κ2) is 5.95. The van der Waals surface area contributed by atoms with E-state index in [-0.39, 0.29) is 0 Å². The van der Waals surface area contributed by atoms with Gasteiger partial charge in [-0.05, 0) is 0 Å². The normalized spacial score (nSPS) is 18.5. The van der Waals surface area contributed by atoms with Crippen LogP contribution in [0.25, 0.3) is 0 Å². The highest BCUT2D eigenvalue weighted by atomic mass is 19.4. The SMILES string of the molecule is FCCC(OC(F)(OCF)C(F)(F)F)C(F)(F)F. The van der Waals surface area contributed by atoms with Crippen molar-refractivity contribution in [1.82, 2.24) is 0 Å². The second-order valence-corrected chi connectivity index (χ2v) is 2.91. The molecule has 11 heteroatoms. The summed E-state index contributed by atoms with van der Waals surface area (Å²) >= 11 is 0. The van der Waals surface area contributed by atoms with Crippen molar-refractivity contribution in [1.29, 1.82) is 0 Å². The minimum absolute atomic E-state index is 1.58. The fourth-order valence-electron chi connectivity index (χ4n) is 0.824. The van der Waals surface area contributed by atoms with Crippen molar-refractivity contribution in [2.75, 3.05) is 13.5 Å². The first-order valence-corrected chi connectivity index (χ1v) is 4.24. The predicted molar refractivity (Wildman–Crippen MR) is 38.5 cm³/mol. The zero-order valence-corrected chi connectivity index (χ0v) is 8.42. The van der Waals surface area contributed by atoms with Gasteiger partial charge in [-0.2, -0.15) is 30.7 Å². The van der Waals surface area contributed by atoms with Crippen LogP contribution in [0.15, 0.2) is 0 Å². The third-order valence-electron chi connectivity index (χ3n) is 1.61. The van der Waals surface area contributed by atoms with Crippen molar-refractivity contribution < 1.29 is 49.0 Å². The van der Waals surface area contributed by atoms with Gasteiger partial charge in [0.2, 0.25) is 0 Å². The van der Waals surface area contributed by atoms with Gasteiger partial charge in [-0.3, -0.25) is 9.13 Å². The van der Waals surface area contributed by atoms with E-state index in [9.17, 15) is 39.5 Å². The van der Waals surface area contributed by atoms with E-state index in [0.29, 0.717) is 0 Å². The first kappa shape index (κ1) is 17.3. The lowest BCUT2D eigenvalue weighted by molar-refractivity contribution is -0.468. The van der Waals surface area contributed by atoms with Crippen LogP contribution in [0.1, 0.15) is 6.42 Å². The van der Waals surface area contributed by atoms with Gasteiger partial charge in [-0.15, -0.1) is 0 Å². The number of hydrogen-bond donors (Lipinski definition) is 0. The molecule has 110 valence electrons. The van der Waals surface area contributed by atoms with E-state index in [1.807, 2.05) is 0 Å². The Morgan fingerprint density at radius 3 is 1.67 bits per heavy atom. The molecule has 0 aliphatic carbocycles. The molecule has 2 unspecified atom stereocenters. The molecular formula is C7H7F9O2. The molecule has 0 aromatic carbocycles. The number of rotatable bonds is 6. The van der Waals surface area contributed by atoms with E-state index >= 15 is 0 Å². The summed E-state index contributed by atoms with van der Waals surface area (Å²) in [6.45, 7) is -4.09. The fraction of sp³-hybridized carbons (Fsp3) is 1.00. The van der Waals surface area contributed by atoms with Crippen molar-refractivity contribution in [2.24, 2.45) is 0 Å². The highest BCUT2D eigenvalue weighted by Crippen LogP contribution is 2.40. The average Bonchev–Trinajstić information content (AvgIpc) is 2.14. The van der Waals surface area contributed by atoms with Crippen LogP contribution >= 0.6 is 0 Å². The Morgan fingerprint density at radius 1 is 0.889 bits per heavy atom. The molecule has 0 bridgehead atoms. The van der Waals surface area contributed by atoms with Crippen LogP contribution in [0.3, 0.4) is 0 Å². The van der Waals surface area contributed by atoms with E-state index in [2.05, 4.69) is 9.47 Å². The topological polar surface area (TPSA) is 18.5 Å². The summed E-state index contributed by atoms with van der Waals surface area (Å²) < 4.78 is 115. The van der Waals surface area contributed by atoms with Crippen molar-refractivity contribution >= 4 is 0 Å². The van der Waals surface area contributed by atoms with Crippen LogP contribution in [-0.4, -0.2) is 38.0 Å². The minimum atomic E-state index is -6.07. The van der Waals surface area contributed by atoms with Gasteiger partial charge in [-0.1, -0.05) is 0 Å². The highest BCUT2D eigenvalue weighted by Gasteiger charge is 2.63. The smallest absolute Gasteiger partial charge is 0.304 e. The van der Waals surface area contributed by atoms with Crippen molar-refractivity contribution in [3.8, 4) is 0 Å². The van der Waals surface area contributed by atoms with Crippen LogP contribution < -0.4 is 0 Å². The van der Waals surface area contributed by atoms with Crippen LogP contribution in [0.2, 0.25) is 0 Å². The quantitative estimate of drug-likeness (QED) is 0.552. The first-order chi connectivity index (χ1) is 7.98. The molecule has 0 spiro atoms. The van der Waals surface area contributed by atoms with Gasteiger partial charge in [0.05, 0.1) is 6.67 Å². The minimum Gasteiger partial charge on any atom is -0.304 e. The van der Waals surface area contributed by atoms with E-state index in [1.165, 1.54) is 0 Å². The summed E-state index contributed by atoms with van der Waals surface area (Å²) in [5.74, 6) is 0. The monoisotopic (exact) mass is 294 g/mol. The Balaban J connectivity index is 5.05. The van der Waals surface area contributed by atoms with Gasteiger partial charge in [-0.25, -0.2) is 4.39 Å². The van der Waals surface area contributed by atoms with Gasteiger partial charge in [0, 0.05) is 6.42 Å². The fourth-order valence-corrected chi connectivity index (χ4v) is 0.824. The standard InChI is InChI=1S/C7H7F9O2/c8-2-1-4(5(10,11)12)18-7(16,17-3-9)6(13,14)15/h4H,1-3H2. The molecule has 18 heavy (non-hydrogen) atoms. The molecule has 0 aromatic heterocycles. The van der Waals surface area contributed by atoms with Gasteiger partial charge < -0.3 is 4.74 Å². The number of ether oxygens (including phenoxy) is 2. The molecule has 0 aliphatic rings. The maximum atomic E-state index is 13.0. The summed E-state index contributed by atoms with van der Waals surface area (Å²) in [7, 11) is 0. The molecule has 2 nitrogen and oxygen atoms in total. The summed E-state index contributed by atoms with van der Waals surface area (Å²) in [4.78, 5) is 0. The van der Waals surface area contributed by atoms with Crippen molar-refractivity contribution in [3.05, 3.63) is 0 Å². The first-order valence-electron chi connectivity index (χ1n) is 4.24. The van der Waals surface area contributed by atoms with Gasteiger partial charge in [0.1, 0.15) is 0 Å². The van der Waals surface area contributed by atoms with Gasteiger partial charge in [0.15, 0.2) is 13.0 Å². The van der Waals surface area contributed by atoms with Crippen molar-refractivity contribution in [3.63, 3.8) is 0 Å². The molecule has 0 aromatic rings. The van der Waals surface area contributed by atoms with Crippen LogP contribution in [0.4, 0.5) is 39.5 Å². The molecule has 2 atom stereocenters. The predicted octanol–water partition coefficient (Wildman–Crippen LogP) is 3.42. The largest absolute Gasteiger partial charge is 0.478 e. The Bertz CT molecular complexity index is 250. The zero-order chi connectivity index (χ0) is 14.6. The van der Waals surface area contributed by atoms with Crippen LogP contribution in [-0.2, 0) is 9.47 Å². The lowest BCUT2D eigenvalue weighted by atomic mass is 10.2.